The van der Waals surface area contributed by atoms with Gasteiger partial charge in [0.05, 0.1) is 0 Å². The van der Waals surface area contributed by atoms with Crippen molar-refractivity contribution in [2.75, 3.05) is 0 Å². The van der Waals surface area contributed by atoms with E-state index in [0.29, 0.717) is 0 Å². The van der Waals surface area contributed by atoms with Crippen LogP contribution in [0.15, 0.2) is 35.4 Å². The summed E-state index contributed by atoms with van der Waals surface area (Å²) in [5, 5.41) is 0. The molecule has 0 saturated carbocycles. The molecule has 0 unspecified atom stereocenters. The average molecular weight is 268 g/mol. The molecule has 106 valence electrons. The Morgan fingerprint density at radius 1 is 1.15 bits per heavy atom. The Labute approximate surface area is 122 Å². The second-order valence-electron chi connectivity index (χ2n) is 6.88. The second kappa shape index (κ2) is 5.05. The number of allylic oxidation sites excluding steroid dienone is 4. The number of carbonyl (C=O) groups excluding carboxylic acids is 1. The highest BCUT2D eigenvalue weighted by atomic mass is 16.1. The van der Waals surface area contributed by atoms with Crippen molar-refractivity contribution in [1.29, 1.82) is 0 Å². The lowest BCUT2D eigenvalue weighted by Gasteiger charge is -2.21. The maximum Gasteiger partial charge on any atom is 0.160 e. The van der Waals surface area contributed by atoms with E-state index in [4.69, 9.17) is 0 Å². The number of hydrogen-bond acceptors (Lipinski definition) is 1. The van der Waals surface area contributed by atoms with E-state index < -0.39 is 0 Å². The second-order valence-corrected chi connectivity index (χ2v) is 6.88. The summed E-state index contributed by atoms with van der Waals surface area (Å²) in [6, 6.07) is 6.35. The quantitative estimate of drug-likeness (QED) is 0.664. The molecule has 0 radical (unpaired) electrons. The first-order valence-corrected chi connectivity index (χ1v) is 7.23. The van der Waals surface area contributed by atoms with Gasteiger partial charge < -0.3 is 0 Å². The topological polar surface area (TPSA) is 17.1 Å². The van der Waals surface area contributed by atoms with Gasteiger partial charge in [0.25, 0.3) is 0 Å². The van der Waals surface area contributed by atoms with E-state index >= 15 is 0 Å². The van der Waals surface area contributed by atoms with Gasteiger partial charge in [-0.05, 0) is 55.4 Å². The first kappa shape index (κ1) is 14.8. The molecule has 1 aromatic rings. The van der Waals surface area contributed by atoms with E-state index in [1.54, 1.807) is 6.92 Å². The summed E-state index contributed by atoms with van der Waals surface area (Å²) in [7, 11) is 0. The Morgan fingerprint density at radius 3 is 2.25 bits per heavy atom. The van der Waals surface area contributed by atoms with Crippen molar-refractivity contribution in [1.82, 2.24) is 0 Å². The standard InChI is InChI=1S/C19H24O/c1-12-9-15(10-13(12)2)17-8-7-16(19(4,5)6)11-18(17)14(3)20/h7-9,11H,10H2,1-6H3. The Hall–Kier alpha value is -1.63. The van der Waals surface area contributed by atoms with Gasteiger partial charge >= 0.3 is 0 Å². The van der Waals surface area contributed by atoms with Crippen LogP contribution in [0.4, 0.5) is 0 Å². The fourth-order valence-electron chi connectivity index (χ4n) is 2.62. The molecule has 0 aromatic heterocycles. The molecule has 0 N–H and O–H groups in total. The number of carbonyl (C=O) groups is 1. The summed E-state index contributed by atoms with van der Waals surface area (Å²) in [6.07, 6.45) is 3.18. The van der Waals surface area contributed by atoms with Crippen molar-refractivity contribution in [3.63, 3.8) is 0 Å². The first-order valence-electron chi connectivity index (χ1n) is 7.23. The molecule has 1 nitrogen and oxygen atoms in total. The number of Topliss-reactive ketones (excluding diaryl/α,β-unsaturated/α-hetero) is 1. The third-order valence-electron chi connectivity index (χ3n) is 4.13. The first-order chi connectivity index (χ1) is 9.20. The minimum Gasteiger partial charge on any atom is -0.294 e. The predicted octanol–water partition coefficient (Wildman–Crippen LogP) is 5.31. The number of ketones is 1. The lowest BCUT2D eigenvalue weighted by atomic mass is 9.83. The van der Waals surface area contributed by atoms with Crippen LogP contribution < -0.4 is 0 Å². The van der Waals surface area contributed by atoms with E-state index in [0.717, 1.165) is 17.5 Å². The molecule has 0 atom stereocenters. The van der Waals surface area contributed by atoms with Crippen molar-refractivity contribution in [3.8, 4) is 0 Å². The third kappa shape index (κ3) is 2.77. The molecule has 20 heavy (non-hydrogen) atoms. The molecule has 2 rings (SSSR count). The van der Waals surface area contributed by atoms with Crippen molar-refractivity contribution in [3.05, 3.63) is 52.1 Å². The van der Waals surface area contributed by atoms with Crippen LogP contribution in [-0.4, -0.2) is 5.78 Å². The van der Waals surface area contributed by atoms with Crippen LogP contribution in [0.5, 0.6) is 0 Å². The highest BCUT2D eigenvalue weighted by Crippen LogP contribution is 2.35. The zero-order chi connectivity index (χ0) is 15.1. The number of benzene rings is 1. The Morgan fingerprint density at radius 2 is 1.80 bits per heavy atom. The predicted molar refractivity (Wildman–Crippen MR) is 86.1 cm³/mol. The Balaban J connectivity index is 2.51. The Bertz CT molecular complexity index is 622. The molecular formula is C19H24O. The minimum absolute atomic E-state index is 0.0663. The van der Waals surface area contributed by atoms with Gasteiger partial charge in [0.2, 0.25) is 0 Å². The normalized spacial score (nSPS) is 15.6. The van der Waals surface area contributed by atoms with Crippen LogP contribution in [0.3, 0.4) is 0 Å². The zero-order valence-electron chi connectivity index (χ0n) is 13.4. The molecule has 1 heteroatoms. The van der Waals surface area contributed by atoms with Gasteiger partial charge in [-0.25, -0.2) is 0 Å². The van der Waals surface area contributed by atoms with Crippen molar-refractivity contribution < 1.29 is 4.79 Å². The van der Waals surface area contributed by atoms with Gasteiger partial charge in [-0.2, -0.15) is 0 Å². The summed E-state index contributed by atoms with van der Waals surface area (Å²) in [5.41, 5.74) is 7.23. The zero-order valence-corrected chi connectivity index (χ0v) is 13.4. The van der Waals surface area contributed by atoms with Crippen LogP contribution in [0, 0.1) is 0 Å². The molecule has 1 aliphatic rings. The average Bonchev–Trinajstić information content (AvgIpc) is 2.67. The largest absolute Gasteiger partial charge is 0.294 e. The van der Waals surface area contributed by atoms with Crippen LogP contribution in [-0.2, 0) is 5.41 Å². The smallest absolute Gasteiger partial charge is 0.160 e. The fraction of sp³-hybridized carbons (Fsp3) is 0.421. The van der Waals surface area contributed by atoms with E-state index in [2.05, 4.69) is 58.9 Å². The molecule has 0 spiro atoms. The summed E-state index contributed by atoms with van der Waals surface area (Å²) in [4.78, 5) is 12.0. The van der Waals surface area contributed by atoms with E-state index in [1.165, 1.54) is 22.3 Å². The fourth-order valence-corrected chi connectivity index (χ4v) is 2.62. The SMILES string of the molecule is CC(=O)c1cc(C(C)(C)C)ccc1C1=CC(C)=C(C)C1. The monoisotopic (exact) mass is 268 g/mol. The van der Waals surface area contributed by atoms with Gasteiger partial charge in [-0.15, -0.1) is 0 Å². The van der Waals surface area contributed by atoms with Crippen molar-refractivity contribution in [2.24, 2.45) is 0 Å². The van der Waals surface area contributed by atoms with Gasteiger partial charge in [0.15, 0.2) is 5.78 Å². The summed E-state index contributed by atoms with van der Waals surface area (Å²) < 4.78 is 0. The van der Waals surface area contributed by atoms with Crippen molar-refractivity contribution in [2.45, 2.75) is 53.4 Å². The highest BCUT2D eigenvalue weighted by Gasteiger charge is 2.20. The third-order valence-corrected chi connectivity index (χ3v) is 4.13. The van der Waals surface area contributed by atoms with Gasteiger partial charge in [0.1, 0.15) is 0 Å². The molecular weight excluding hydrogens is 244 g/mol. The van der Waals surface area contributed by atoms with Crippen LogP contribution in [0.2, 0.25) is 0 Å². The molecule has 0 bridgehead atoms. The summed E-state index contributed by atoms with van der Waals surface area (Å²) in [6.45, 7) is 12.5. The summed E-state index contributed by atoms with van der Waals surface area (Å²) >= 11 is 0. The molecule has 0 saturated heterocycles. The van der Waals surface area contributed by atoms with E-state index in [-0.39, 0.29) is 11.2 Å². The highest BCUT2D eigenvalue weighted by molar-refractivity contribution is 6.00. The number of rotatable bonds is 2. The maximum atomic E-state index is 12.0. The lowest BCUT2D eigenvalue weighted by molar-refractivity contribution is 0.101. The Kier molecular flexibility index (Phi) is 3.73. The lowest BCUT2D eigenvalue weighted by Crippen LogP contribution is -2.13. The van der Waals surface area contributed by atoms with Crippen LogP contribution in [0.1, 0.15) is 69.4 Å². The van der Waals surface area contributed by atoms with Gasteiger partial charge in [0, 0.05) is 5.56 Å². The van der Waals surface area contributed by atoms with Crippen molar-refractivity contribution >= 4 is 11.4 Å². The molecule has 0 heterocycles. The molecule has 1 aromatic carbocycles. The van der Waals surface area contributed by atoms with E-state index in [9.17, 15) is 4.79 Å². The van der Waals surface area contributed by atoms with Gasteiger partial charge in [-0.1, -0.05) is 50.1 Å². The molecule has 1 aliphatic carbocycles. The molecule has 0 fully saturated rings. The van der Waals surface area contributed by atoms with Crippen LogP contribution in [0.25, 0.3) is 5.57 Å². The minimum atomic E-state index is 0.0663. The maximum absolute atomic E-state index is 12.0. The van der Waals surface area contributed by atoms with Gasteiger partial charge in [-0.3, -0.25) is 4.79 Å². The summed E-state index contributed by atoms with van der Waals surface area (Å²) in [5.74, 6) is 0.147. The molecule has 0 amide bonds. The number of hydrogen-bond donors (Lipinski definition) is 0. The van der Waals surface area contributed by atoms with Crippen LogP contribution >= 0.6 is 0 Å². The molecule has 0 aliphatic heterocycles. The van der Waals surface area contributed by atoms with E-state index in [1.807, 2.05) is 0 Å².